The van der Waals surface area contributed by atoms with Crippen molar-refractivity contribution in [1.82, 2.24) is 4.90 Å². The highest BCUT2D eigenvalue weighted by Gasteiger charge is 2.48. The van der Waals surface area contributed by atoms with Crippen molar-refractivity contribution in [2.45, 2.75) is 50.5 Å². The number of hydrogen-bond donors (Lipinski definition) is 1. The van der Waals surface area contributed by atoms with Crippen LogP contribution in [0.4, 0.5) is 4.39 Å². The molecule has 0 bridgehead atoms. The molecule has 7 heteroatoms. The molecule has 1 heterocycles. The summed E-state index contributed by atoms with van der Waals surface area (Å²) in [5.41, 5.74) is 2.29. The number of amides is 1. The maximum Gasteiger partial charge on any atom is 0.326 e. The predicted molar refractivity (Wildman–Crippen MR) is 132 cm³/mol. The van der Waals surface area contributed by atoms with Crippen LogP contribution < -0.4 is 0 Å². The van der Waals surface area contributed by atoms with Gasteiger partial charge in [-0.1, -0.05) is 79.5 Å². The second kappa shape index (κ2) is 11.0. The van der Waals surface area contributed by atoms with E-state index in [2.05, 4.69) is 0 Å². The standard InChI is InChI=1S/C28H27ClFNO4/c1-2-6-23(28(33)34)31-25(19-11-13-21(29)14-12-19)26(20-7-4-3-5-8-20)35-24(27(31)32)17-18-9-15-22(30)16-10-18/h3-5,7-16,23-26H,2,6,17H2,1H3,(H,33,34)/t23-,24+,25-,26+/m0/s1. The van der Waals surface area contributed by atoms with E-state index in [9.17, 15) is 19.1 Å². The summed E-state index contributed by atoms with van der Waals surface area (Å²) in [6.45, 7) is 1.89. The number of carbonyl (C=O) groups is 2. The van der Waals surface area contributed by atoms with Crippen molar-refractivity contribution in [2.75, 3.05) is 0 Å². The molecule has 1 aliphatic rings. The van der Waals surface area contributed by atoms with Crippen LogP contribution in [0.5, 0.6) is 0 Å². The molecule has 4 atom stereocenters. The molecular weight excluding hydrogens is 469 g/mol. The Balaban J connectivity index is 1.83. The van der Waals surface area contributed by atoms with Gasteiger partial charge in [0.05, 0.1) is 6.04 Å². The maximum absolute atomic E-state index is 13.9. The lowest BCUT2D eigenvalue weighted by Gasteiger charge is -2.47. The smallest absolute Gasteiger partial charge is 0.326 e. The lowest BCUT2D eigenvalue weighted by atomic mass is 9.88. The molecule has 182 valence electrons. The van der Waals surface area contributed by atoms with Gasteiger partial charge in [0, 0.05) is 11.4 Å². The zero-order chi connectivity index (χ0) is 24.9. The number of benzene rings is 3. The zero-order valence-electron chi connectivity index (χ0n) is 19.3. The Bertz CT molecular complexity index is 1150. The molecule has 1 N–H and O–H groups in total. The van der Waals surface area contributed by atoms with Crippen LogP contribution in [-0.4, -0.2) is 34.0 Å². The third-order valence-electron chi connectivity index (χ3n) is 6.28. The van der Waals surface area contributed by atoms with Crippen molar-refractivity contribution in [3.05, 3.63) is 106 Å². The third kappa shape index (κ3) is 5.55. The van der Waals surface area contributed by atoms with Gasteiger partial charge in [-0.05, 0) is 47.4 Å². The molecule has 0 unspecified atom stereocenters. The van der Waals surface area contributed by atoms with Crippen LogP contribution in [-0.2, 0) is 20.7 Å². The van der Waals surface area contributed by atoms with Gasteiger partial charge >= 0.3 is 5.97 Å². The lowest BCUT2D eigenvalue weighted by molar-refractivity contribution is -0.184. The Morgan fingerprint density at radius 3 is 2.29 bits per heavy atom. The van der Waals surface area contributed by atoms with Crippen molar-refractivity contribution >= 4 is 23.5 Å². The molecule has 3 aromatic carbocycles. The molecular formula is C28H27ClFNO4. The van der Waals surface area contributed by atoms with E-state index in [-0.39, 0.29) is 12.2 Å². The molecule has 5 nitrogen and oxygen atoms in total. The Hall–Kier alpha value is -3.22. The summed E-state index contributed by atoms with van der Waals surface area (Å²) in [5, 5.41) is 10.7. The summed E-state index contributed by atoms with van der Waals surface area (Å²) in [5.74, 6) is -1.83. The Morgan fingerprint density at radius 1 is 1.03 bits per heavy atom. The normalized spacial score (nSPS) is 21.1. The third-order valence-corrected chi connectivity index (χ3v) is 6.54. The van der Waals surface area contributed by atoms with Crippen LogP contribution in [0.1, 0.15) is 48.6 Å². The number of halogens is 2. The highest BCUT2D eigenvalue weighted by atomic mass is 35.5. The van der Waals surface area contributed by atoms with Gasteiger partial charge in [-0.2, -0.15) is 0 Å². The summed E-state index contributed by atoms with van der Waals surface area (Å²) in [6.07, 6.45) is -0.444. The van der Waals surface area contributed by atoms with Crippen molar-refractivity contribution < 1.29 is 23.8 Å². The number of aliphatic carboxylic acids is 1. The first-order chi connectivity index (χ1) is 16.9. The second-order valence-corrected chi connectivity index (χ2v) is 9.11. The number of rotatable bonds is 8. The minimum absolute atomic E-state index is 0.199. The fourth-order valence-electron chi connectivity index (χ4n) is 4.63. The van der Waals surface area contributed by atoms with Crippen LogP contribution in [0.15, 0.2) is 78.9 Å². The summed E-state index contributed by atoms with van der Waals surface area (Å²) in [6, 6.07) is 20.7. The van der Waals surface area contributed by atoms with E-state index >= 15 is 0 Å². The summed E-state index contributed by atoms with van der Waals surface area (Å²) in [7, 11) is 0. The highest BCUT2D eigenvalue weighted by molar-refractivity contribution is 6.30. The van der Waals surface area contributed by atoms with E-state index in [1.165, 1.54) is 17.0 Å². The molecule has 0 aromatic heterocycles. The molecule has 0 saturated carbocycles. The van der Waals surface area contributed by atoms with Crippen molar-refractivity contribution in [2.24, 2.45) is 0 Å². The molecule has 1 saturated heterocycles. The topological polar surface area (TPSA) is 66.8 Å². The zero-order valence-corrected chi connectivity index (χ0v) is 20.1. The Morgan fingerprint density at radius 2 is 1.69 bits per heavy atom. The Kier molecular flexibility index (Phi) is 7.83. The highest BCUT2D eigenvalue weighted by Crippen LogP contribution is 2.44. The average molecular weight is 496 g/mol. The van der Waals surface area contributed by atoms with E-state index in [0.29, 0.717) is 17.9 Å². The lowest BCUT2D eigenvalue weighted by Crippen LogP contribution is -2.57. The predicted octanol–water partition coefficient (Wildman–Crippen LogP) is 5.98. The van der Waals surface area contributed by atoms with Crippen LogP contribution in [0.3, 0.4) is 0 Å². The van der Waals surface area contributed by atoms with Crippen LogP contribution in [0.2, 0.25) is 5.02 Å². The minimum Gasteiger partial charge on any atom is -0.480 e. The van der Waals surface area contributed by atoms with Crippen molar-refractivity contribution in [3.8, 4) is 0 Å². The van der Waals surface area contributed by atoms with Gasteiger partial charge in [-0.15, -0.1) is 0 Å². The molecule has 1 fully saturated rings. The molecule has 35 heavy (non-hydrogen) atoms. The quantitative estimate of drug-likeness (QED) is 0.417. The van der Waals surface area contributed by atoms with Crippen LogP contribution in [0, 0.1) is 5.82 Å². The first kappa shape index (κ1) is 24.9. The number of carboxylic acids is 1. The van der Waals surface area contributed by atoms with Crippen molar-refractivity contribution in [3.63, 3.8) is 0 Å². The van der Waals surface area contributed by atoms with E-state index in [4.69, 9.17) is 16.3 Å². The van der Waals surface area contributed by atoms with Crippen molar-refractivity contribution in [1.29, 1.82) is 0 Å². The van der Waals surface area contributed by atoms with E-state index in [0.717, 1.165) is 16.7 Å². The molecule has 3 aromatic rings. The number of morpholine rings is 1. The molecule has 1 aliphatic heterocycles. The largest absolute Gasteiger partial charge is 0.480 e. The first-order valence-electron chi connectivity index (χ1n) is 11.6. The van der Waals surface area contributed by atoms with E-state index in [1.807, 2.05) is 37.3 Å². The van der Waals surface area contributed by atoms with Gasteiger partial charge in [0.25, 0.3) is 5.91 Å². The number of carbonyl (C=O) groups excluding carboxylic acids is 1. The molecule has 0 spiro atoms. The molecule has 1 amide bonds. The molecule has 0 aliphatic carbocycles. The van der Waals surface area contributed by atoms with Gasteiger partial charge in [0.2, 0.25) is 0 Å². The van der Waals surface area contributed by atoms with E-state index in [1.54, 1.807) is 36.4 Å². The van der Waals surface area contributed by atoms with E-state index < -0.39 is 36.2 Å². The van der Waals surface area contributed by atoms with Gasteiger partial charge in [-0.25, -0.2) is 9.18 Å². The Labute approximate surface area is 209 Å². The maximum atomic E-state index is 13.9. The number of hydrogen-bond acceptors (Lipinski definition) is 3. The summed E-state index contributed by atoms with van der Waals surface area (Å²) in [4.78, 5) is 27.8. The fourth-order valence-corrected chi connectivity index (χ4v) is 4.76. The SMILES string of the molecule is CCC[C@@H](C(=O)O)N1C(=O)[C@@H](Cc2ccc(F)cc2)O[C@H](c2ccccc2)[C@@H]1c1ccc(Cl)cc1. The average Bonchev–Trinajstić information content (AvgIpc) is 2.86. The summed E-state index contributed by atoms with van der Waals surface area (Å²) >= 11 is 6.12. The first-order valence-corrected chi connectivity index (χ1v) is 12.0. The number of ether oxygens (including phenoxy) is 1. The molecule has 0 radical (unpaired) electrons. The monoisotopic (exact) mass is 495 g/mol. The van der Waals surface area contributed by atoms with Crippen LogP contribution >= 0.6 is 11.6 Å². The second-order valence-electron chi connectivity index (χ2n) is 8.67. The number of nitrogens with zero attached hydrogens (tertiary/aromatic N) is 1. The number of carboxylic acid groups (broad SMARTS) is 1. The minimum atomic E-state index is -1.06. The fraction of sp³-hybridized carbons (Fsp3) is 0.286. The summed E-state index contributed by atoms with van der Waals surface area (Å²) < 4.78 is 19.9. The van der Waals surface area contributed by atoms with Gasteiger partial charge in [0.1, 0.15) is 24.1 Å². The van der Waals surface area contributed by atoms with Crippen LogP contribution in [0.25, 0.3) is 0 Å². The van der Waals surface area contributed by atoms with Gasteiger partial charge in [0.15, 0.2) is 0 Å². The molecule has 4 rings (SSSR count). The van der Waals surface area contributed by atoms with Gasteiger partial charge in [-0.3, -0.25) is 4.79 Å². The van der Waals surface area contributed by atoms with Gasteiger partial charge < -0.3 is 14.7 Å².